The highest BCUT2D eigenvalue weighted by Gasteiger charge is 2.36. The van der Waals surface area contributed by atoms with E-state index in [0.717, 1.165) is 11.1 Å². The summed E-state index contributed by atoms with van der Waals surface area (Å²) in [6, 6.07) is 12.7. The Morgan fingerprint density at radius 3 is 2.34 bits per heavy atom. The lowest BCUT2D eigenvalue weighted by Crippen LogP contribution is -2.53. The normalized spacial score (nSPS) is 20.0. The Hall–Kier alpha value is -2.09. The minimum absolute atomic E-state index is 0.00613. The molecule has 2 heterocycles. The number of aliphatic hydroxyl groups is 1. The van der Waals surface area contributed by atoms with Gasteiger partial charge in [0.15, 0.2) is 9.84 Å². The highest BCUT2D eigenvalue weighted by Crippen LogP contribution is 2.33. The number of benzene rings is 2. The van der Waals surface area contributed by atoms with Crippen LogP contribution in [0.4, 0.5) is 4.79 Å². The number of urea groups is 1. The molecule has 1 N–H and O–H groups in total. The summed E-state index contributed by atoms with van der Waals surface area (Å²) < 4.78 is 24.2. The fourth-order valence-corrected chi connectivity index (χ4v) is 5.10. The van der Waals surface area contributed by atoms with Gasteiger partial charge in [-0.05, 0) is 29.7 Å². The SMILES string of the molecule is CS(=O)(=O)c1cc(Cl)ccc1-c1ccc(C2CN(C(=O)N3CCC(O)C3)C2)cc1. The smallest absolute Gasteiger partial charge is 0.320 e. The number of carbonyl (C=O) groups is 1. The molecule has 0 aliphatic carbocycles. The van der Waals surface area contributed by atoms with Crippen LogP contribution in [0.15, 0.2) is 47.4 Å². The molecule has 2 fully saturated rings. The van der Waals surface area contributed by atoms with Crippen LogP contribution in [0.25, 0.3) is 11.1 Å². The summed E-state index contributed by atoms with van der Waals surface area (Å²) in [4.78, 5) is 16.1. The van der Waals surface area contributed by atoms with Crippen molar-refractivity contribution in [2.45, 2.75) is 23.3 Å². The van der Waals surface area contributed by atoms with Crippen LogP contribution in [0.5, 0.6) is 0 Å². The molecule has 6 nitrogen and oxygen atoms in total. The highest BCUT2D eigenvalue weighted by atomic mass is 35.5. The minimum atomic E-state index is -3.40. The monoisotopic (exact) mass is 434 g/mol. The lowest BCUT2D eigenvalue weighted by Gasteiger charge is -2.41. The molecule has 2 amide bonds. The van der Waals surface area contributed by atoms with E-state index in [0.29, 0.717) is 43.2 Å². The number of hydrogen-bond donors (Lipinski definition) is 1. The molecule has 1 atom stereocenters. The van der Waals surface area contributed by atoms with Crippen LogP contribution in [0, 0.1) is 0 Å². The van der Waals surface area contributed by atoms with E-state index in [2.05, 4.69) is 0 Å². The molecule has 2 saturated heterocycles. The lowest BCUT2D eigenvalue weighted by atomic mass is 9.90. The van der Waals surface area contributed by atoms with E-state index >= 15 is 0 Å². The zero-order valence-corrected chi connectivity index (χ0v) is 17.7. The van der Waals surface area contributed by atoms with Crippen molar-refractivity contribution in [2.24, 2.45) is 0 Å². The molecule has 29 heavy (non-hydrogen) atoms. The molecule has 8 heteroatoms. The molecule has 2 aliphatic heterocycles. The zero-order valence-electron chi connectivity index (χ0n) is 16.1. The molecular weight excluding hydrogens is 412 g/mol. The Morgan fingerprint density at radius 1 is 1.07 bits per heavy atom. The summed E-state index contributed by atoms with van der Waals surface area (Å²) in [7, 11) is -3.40. The van der Waals surface area contributed by atoms with E-state index in [1.165, 1.54) is 12.3 Å². The molecule has 154 valence electrons. The van der Waals surface area contributed by atoms with Crippen molar-refractivity contribution in [3.05, 3.63) is 53.1 Å². The molecule has 0 radical (unpaired) electrons. The number of amides is 2. The van der Waals surface area contributed by atoms with E-state index < -0.39 is 15.9 Å². The van der Waals surface area contributed by atoms with Gasteiger partial charge in [0.25, 0.3) is 0 Å². The van der Waals surface area contributed by atoms with Crippen LogP contribution >= 0.6 is 11.6 Å². The summed E-state index contributed by atoms with van der Waals surface area (Å²) in [5.74, 6) is 0.264. The average molecular weight is 435 g/mol. The quantitative estimate of drug-likeness (QED) is 0.805. The standard InChI is InChI=1S/C21H23ClN2O4S/c1-29(27,28)20-10-17(22)6-7-19(20)15-4-2-14(3-5-15)16-11-24(12-16)21(26)23-9-8-18(25)13-23/h2-7,10,16,18,25H,8-9,11-13H2,1H3. The third-order valence-corrected chi connectivity index (χ3v) is 6.99. The first-order valence-corrected chi connectivity index (χ1v) is 11.8. The van der Waals surface area contributed by atoms with Crippen molar-refractivity contribution in [3.63, 3.8) is 0 Å². The van der Waals surface area contributed by atoms with E-state index in [1.54, 1.807) is 21.9 Å². The van der Waals surface area contributed by atoms with Crippen molar-refractivity contribution in [1.29, 1.82) is 0 Å². The summed E-state index contributed by atoms with van der Waals surface area (Å²) in [6.07, 6.45) is 1.41. The third kappa shape index (κ3) is 4.13. The molecule has 2 aromatic rings. The van der Waals surface area contributed by atoms with Gasteiger partial charge in [-0.3, -0.25) is 0 Å². The van der Waals surface area contributed by atoms with Crippen molar-refractivity contribution in [3.8, 4) is 11.1 Å². The Morgan fingerprint density at radius 2 is 1.76 bits per heavy atom. The fourth-order valence-electron chi connectivity index (χ4n) is 3.94. The van der Waals surface area contributed by atoms with Gasteiger partial charge >= 0.3 is 6.03 Å². The van der Waals surface area contributed by atoms with Gasteiger partial charge in [-0.2, -0.15) is 0 Å². The van der Waals surface area contributed by atoms with E-state index in [1.807, 2.05) is 24.3 Å². The topological polar surface area (TPSA) is 77.9 Å². The van der Waals surface area contributed by atoms with Gasteiger partial charge in [-0.25, -0.2) is 13.2 Å². The number of β-amino-alcohol motifs (C(OH)–C–C–N with tert-alkyl or cyclic N) is 1. The number of hydrogen-bond acceptors (Lipinski definition) is 4. The highest BCUT2D eigenvalue weighted by molar-refractivity contribution is 7.90. The third-order valence-electron chi connectivity index (χ3n) is 5.62. The molecule has 4 rings (SSSR count). The molecule has 0 aromatic heterocycles. The van der Waals surface area contributed by atoms with Crippen molar-refractivity contribution >= 4 is 27.5 Å². The largest absolute Gasteiger partial charge is 0.391 e. The van der Waals surface area contributed by atoms with Crippen LogP contribution < -0.4 is 0 Å². The molecular formula is C21H23ClN2O4S. The van der Waals surface area contributed by atoms with Crippen molar-refractivity contribution in [2.75, 3.05) is 32.4 Å². The van der Waals surface area contributed by atoms with E-state index in [4.69, 9.17) is 11.6 Å². The van der Waals surface area contributed by atoms with Gasteiger partial charge < -0.3 is 14.9 Å². The first kappa shape index (κ1) is 20.2. The lowest BCUT2D eigenvalue weighted by molar-refractivity contribution is 0.114. The van der Waals surface area contributed by atoms with Gasteiger partial charge in [-0.15, -0.1) is 0 Å². The number of likely N-dealkylation sites (tertiary alicyclic amines) is 2. The van der Waals surface area contributed by atoms with Crippen molar-refractivity contribution < 1.29 is 18.3 Å². The average Bonchev–Trinajstić information content (AvgIpc) is 3.07. The Labute approximate surface area is 175 Å². The number of carbonyl (C=O) groups excluding carboxylic acids is 1. The number of aliphatic hydroxyl groups excluding tert-OH is 1. The van der Waals surface area contributed by atoms with Crippen LogP contribution in [0.2, 0.25) is 5.02 Å². The van der Waals surface area contributed by atoms with Crippen LogP contribution in [0.1, 0.15) is 17.9 Å². The second-order valence-corrected chi connectivity index (χ2v) is 10.2. The van der Waals surface area contributed by atoms with Crippen LogP contribution in [-0.2, 0) is 9.84 Å². The summed E-state index contributed by atoms with van der Waals surface area (Å²) in [5.41, 5.74) is 2.56. The first-order chi connectivity index (χ1) is 13.7. The first-order valence-electron chi connectivity index (χ1n) is 9.54. The van der Waals surface area contributed by atoms with Crippen LogP contribution in [-0.4, -0.2) is 67.9 Å². The second-order valence-electron chi connectivity index (χ2n) is 7.81. The van der Waals surface area contributed by atoms with Gasteiger partial charge in [0.05, 0.1) is 11.0 Å². The van der Waals surface area contributed by atoms with E-state index in [-0.39, 0.29) is 16.8 Å². The maximum Gasteiger partial charge on any atom is 0.320 e. The summed E-state index contributed by atoms with van der Waals surface area (Å²) >= 11 is 5.98. The zero-order chi connectivity index (χ0) is 20.8. The number of halogens is 1. The summed E-state index contributed by atoms with van der Waals surface area (Å²) in [6.45, 7) is 2.33. The molecule has 0 spiro atoms. The summed E-state index contributed by atoms with van der Waals surface area (Å²) in [5, 5.41) is 9.98. The fraction of sp³-hybridized carbons (Fsp3) is 0.381. The predicted octanol–water partition coefficient (Wildman–Crippen LogP) is 3.00. The van der Waals surface area contributed by atoms with Gasteiger partial charge in [0, 0.05) is 48.9 Å². The molecule has 2 aromatic carbocycles. The number of sulfone groups is 1. The molecule has 2 aliphatic rings. The Balaban J connectivity index is 1.46. The minimum Gasteiger partial charge on any atom is -0.391 e. The van der Waals surface area contributed by atoms with Crippen molar-refractivity contribution in [1.82, 2.24) is 9.80 Å². The Bertz CT molecular complexity index is 1030. The van der Waals surface area contributed by atoms with Gasteiger partial charge in [0.2, 0.25) is 0 Å². The maximum absolute atomic E-state index is 12.4. The second kappa shape index (κ2) is 7.63. The predicted molar refractivity (Wildman–Crippen MR) is 112 cm³/mol. The van der Waals surface area contributed by atoms with Crippen LogP contribution in [0.3, 0.4) is 0 Å². The number of nitrogens with zero attached hydrogens (tertiary/aromatic N) is 2. The molecule has 0 bridgehead atoms. The molecule has 1 unspecified atom stereocenters. The number of rotatable bonds is 3. The Kier molecular flexibility index (Phi) is 5.31. The maximum atomic E-state index is 12.4. The van der Waals surface area contributed by atoms with E-state index in [9.17, 15) is 18.3 Å². The van der Waals surface area contributed by atoms with Gasteiger partial charge in [-0.1, -0.05) is 41.9 Å². The molecule has 0 saturated carbocycles. The van der Waals surface area contributed by atoms with Gasteiger partial charge in [0.1, 0.15) is 0 Å².